The fourth-order valence-electron chi connectivity index (χ4n) is 3.40. The lowest BCUT2D eigenvalue weighted by Gasteiger charge is -2.32. The highest BCUT2D eigenvalue weighted by molar-refractivity contribution is 5.79. The number of aliphatic imine (C=N–C) groups is 1. The summed E-state index contributed by atoms with van der Waals surface area (Å²) >= 11 is 0. The van der Waals surface area contributed by atoms with Crippen molar-refractivity contribution < 1.29 is 4.74 Å². The van der Waals surface area contributed by atoms with Crippen molar-refractivity contribution in [1.29, 1.82) is 0 Å². The molecule has 0 aromatic heterocycles. The third-order valence-corrected chi connectivity index (χ3v) is 4.89. The minimum absolute atomic E-state index is 0.510. The Labute approximate surface area is 164 Å². The van der Waals surface area contributed by atoms with Crippen molar-refractivity contribution >= 4 is 5.96 Å². The average Bonchev–Trinajstić information content (AvgIpc) is 2.70. The van der Waals surface area contributed by atoms with Crippen molar-refractivity contribution in [3.05, 3.63) is 42.5 Å². The average molecular weight is 373 g/mol. The Hall–Kier alpha value is -2.01. The van der Waals surface area contributed by atoms with Gasteiger partial charge in [-0.1, -0.05) is 37.8 Å². The number of para-hydroxylation sites is 1. The van der Waals surface area contributed by atoms with E-state index in [1.54, 1.807) is 6.08 Å². The molecule has 0 atom stereocenters. The molecule has 150 valence electrons. The normalized spacial score (nSPS) is 16.1. The monoisotopic (exact) mass is 372 g/mol. The minimum atomic E-state index is 0.510. The Bertz CT molecular complexity index is 579. The van der Waals surface area contributed by atoms with Gasteiger partial charge in [0.15, 0.2) is 5.96 Å². The van der Waals surface area contributed by atoms with Gasteiger partial charge in [0.05, 0.1) is 6.54 Å². The first-order chi connectivity index (χ1) is 13.3. The maximum absolute atomic E-state index is 5.73. The second-order valence-electron chi connectivity index (χ2n) is 7.07. The number of rotatable bonds is 10. The summed E-state index contributed by atoms with van der Waals surface area (Å²) in [5.41, 5.74) is 1.09. The lowest BCUT2D eigenvalue weighted by molar-refractivity contribution is 0.185. The molecule has 27 heavy (non-hydrogen) atoms. The molecule has 2 N–H and O–H groups in total. The Morgan fingerprint density at radius 2 is 2.04 bits per heavy atom. The van der Waals surface area contributed by atoms with Crippen LogP contribution in [0.3, 0.4) is 0 Å². The van der Waals surface area contributed by atoms with Gasteiger partial charge in [-0.15, -0.1) is 0 Å². The number of benzene rings is 1. The third kappa shape index (κ3) is 7.63. The van der Waals surface area contributed by atoms with E-state index in [4.69, 9.17) is 9.73 Å². The van der Waals surface area contributed by atoms with Crippen molar-refractivity contribution in [2.45, 2.75) is 39.7 Å². The lowest BCUT2D eigenvalue weighted by Crippen LogP contribution is -2.43. The van der Waals surface area contributed by atoms with Crippen LogP contribution in [0.25, 0.3) is 0 Å². The zero-order valence-electron chi connectivity index (χ0n) is 17.0. The van der Waals surface area contributed by atoms with Crippen LogP contribution in [0.4, 0.5) is 0 Å². The van der Waals surface area contributed by atoms with Crippen molar-refractivity contribution in [3.63, 3.8) is 0 Å². The molecule has 0 unspecified atom stereocenters. The van der Waals surface area contributed by atoms with Crippen LogP contribution in [-0.4, -0.2) is 50.2 Å². The zero-order chi connectivity index (χ0) is 19.3. The summed E-state index contributed by atoms with van der Waals surface area (Å²) in [7, 11) is 0. The van der Waals surface area contributed by atoms with E-state index in [1.807, 2.05) is 18.2 Å². The highest BCUT2D eigenvalue weighted by atomic mass is 16.5. The molecule has 1 aliphatic heterocycles. The number of ether oxygens (including phenoxy) is 1. The Kier molecular flexibility index (Phi) is 9.77. The van der Waals surface area contributed by atoms with Gasteiger partial charge >= 0.3 is 0 Å². The van der Waals surface area contributed by atoms with Crippen molar-refractivity contribution in [2.75, 3.05) is 39.3 Å². The molecule has 5 heteroatoms. The van der Waals surface area contributed by atoms with Gasteiger partial charge in [0.2, 0.25) is 0 Å². The maximum atomic E-state index is 5.73. The van der Waals surface area contributed by atoms with Crippen LogP contribution in [-0.2, 0) is 6.54 Å². The van der Waals surface area contributed by atoms with Gasteiger partial charge in [0, 0.05) is 18.7 Å². The second kappa shape index (κ2) is 12.4. The lowest BCUT2D eigenvalue weighted by atomic mass is 9.97. The first-order valence-corrected chi connectivity index (χ1v) is 10.3. The molecule has 1 aromatic carbocycles. The molecule has 0 saturated carbocycles. The number of likely N-dealkylation sites (tertiary alicyclic amines) is 1. The smallest absolute Gasteiger partial charge is 0.191 e. The topological polar surface area (TPSA) is 48.9 Å². The van der Waals surface area contributed by atoms with Crippen molar-refractivity contribution in [2.24, 2.45) is 10.9 Å². The first-order valence-electron chi connectivity index (χ1n) is 10.3. The number of guanidine groups is 1. The number of nitrogens with one attached hydrogen (secondary N) is 2. The van der Waals surface area contributed by atoms with E-state index in [0.29, 0.717) is 13.2 Å². The van der Waals surface area contributed by atoms with Crippen LogP contribution >= 0.6 is 0 Å². The van der Waals surface area contributed by atoms with Crippen LogP contribution < -0.4 is 15.4 Å². The molecule has 0 spiro atoms. The van der Waals surface area contributed by atoms with Crippen LogP contribution in [0.1, 0.15) is 38.7 Å². The molecule has 0 aliphatic carbocycles. The number of hydrogen-bond acceptors (Lipinski definition) is 3. The number of nitrogens with zero attached hydrogens (tertiary/aromatic N) is 2. The van der Waals surface area contributed by atoms with E-state index in [9.17, 15) is 0 Å². The summed E-state index contributed by atoms with van der Waals surface area (Å²) in [6.07, 6.45) is 5.55. The van der Waals surface area contributed by atoms with E-state index >= 15 is 0 Å². The fraction of sp³-hybridized carbons (Fsp3) is 0.591. The molecule has 2 rings (SSSR count). The summed E-state index contributed by atoms with van der Waals surface area (Å²) in [5.74, 6) is 2.48. The van der Waals surface area contributed by atoms with Gasteiger partial charge in [0.1, 0.15) is 12.4 Å². The predicted molar refractivity (Wildman–Crippen MR) is 114 cm³/mol. The summed E-state index contributed by atoms with van der Waals surface area (Å²) < 4.78 is 5.73. The minimum Gasteiger partial charge on any atom is -0.489 e. The molecular weight excluding hydrogens is 336 g/mol. The van der Waals surface area contributed by atoms with Crippen LogP contribution in [0.15, 0.2) is 41.9 Å². The molecule has 1 saturated heterocycles. The van der Waals surface area contributed by atoms with Gasteiger partial charge < -0.3 is 20.3 Å². The molecular formula is C22H36N4O. The van der Waals surface area contributed by atoms with Crippen molar-refractivity contribution in [3.8, 4) is 5.75 Å². The van der Waals surface area contributed by atoms with Crippen LogP contribution in [0.5, 0.6) is 5.75 Å². The van der Waals surface area contributed by atoms with Crippen molar-refractivity contribution in [1.82, 2.24) is 15.5 Å². The standard InChI is InChI=1S/C22H36N4O/c1-4-13-26-14-11-19(12-15-26)17-24-22(23-6-3)25-18-20-9-7-8-10-21(20)27-16-5-2/h5,7-10,19H,2,4,6,11-18H2,1,3H3,(H2,23,24,25). The van der Waals surface area contributed by atoms with Crippen LogP contribution in [0, 0.1) is 5.92 Å². The molecule has 5 nitrogen and oxygen atoms in total. The molecule has 0 radical (unpaired) electrons. The molecule has 1 fully saturated rings. The molecule has 1 heterocycles. The highest BCUT2D eigenvalue weighted by Gasteiger charge is 2.18. The Morgan fingerprint density at radius 1 is 1.26 bits per heavy atom. The molecule has 0 amide bonds. The molecule has 0 bridgehead atoms. The Morgan fingerprint density at radius 3 is 2.74 bits per heavy atom. The van der Waals surface area contributed by atoms with E-state index in [0.717, 1.165) is 36.3 Å². The zero-order valence-corrected chi connectivity index (χ0v) is 17.0. The first kappa shape index (κ1) is 21.3. The van der Waals surface area contributed by atoms with E-state index in [2.05, 4.69) is 42.0 Å². The molecule has 1 aliphatic rings. The summed E-state index contributed by atoms with van der Waals surface area (Å²) in [4.78, 5) is 7.34. The highest BCUT2D eigenvalue weighted by Crippen LogP contribution is 2.19. The van der Waals surface area contributed by atoms with E-state index < -0.39 is 0 Å². The van der Waals surface area contributed by atoms with Gasteiger partial charge in [-0.25, -0.2) is 4.99 Å². The SMILES string of the molecule is C=CCOc1ccccc1CN=C(NCC)NCC1CCN(CCC)CC1. The third-order valence-electron chi connectivity index (χ3n) is 4.89. The summed E-state index contributed by atoms with van der Waals surface area (Å²) in [6, 6.07) is 8.06. The van der Waals surface area contributed by atoms with Gasteiger partial charge in [0.25, 0.3) is 0 Å². The van der Waals surface area contributed by atoms with Gasteiger partial charge in [-0.3, -0.25) is 0 Å². The summed E-state index contributed by atoms with van der Waals surface area (Å²) in [5, 5.41) is 6.89. The maximum Gasteiger partial charge on any atom is 0.191 e. The largest absolute Gasteiger partial charge is 0.489 e. The van der Waals surface area contributed by atoms with Crippen LogP contribution in [0.2, 0.25) is 0 Å². The Balaban J connectivity index is 1.86. The van der Waals surface area contributed by atoms with E-state index in [-0.39, 0.29) is 0 Å². The van der Waals surface area contributed by atoms with Gasteiger partial charge in [-0.05, 0) is 57.8 Å². The second-order valence-corrected chi connectivity index (χ2v) is 7.07. The summed E-state index contributed by atoms with van der Waals surface area (Å²) in [6.45, 7) is 14.7. The number of piperidine rings is 1. The van der Waals surface area contributed by atoms with Gasteiger partial charge in [-0.2, -0.15) is 0 Å². The fourth-order valence-corrected chi connectivity index (χ4v) is 3.40. The number of hydrogen-bond donors (Lipinski definition) is 2. The quantitative estimate of drug-likeness (QED) is 0.375. The van der Waals surface area contributed by atoms with E-state index in [1.165, 1.54) is 38.9 Å². The predicted octanol–water partition coefficient (Wildman–Crippen LogP) is 3.43. The molecule has 1 aromatic rings.